The van der Waals surface area contributed by atoms with Gasteiger partial charge in [0, 0.05) is 34.9 Å². The van der Waals surface area contributed by atoms with Gasteiger partial charge >= 0.3 is 0 Å². The molecule has 3 aromatic rings. The topological polar surface area (TPSA) is 87.3 Å². The van der Waals surface area contributed by atoms with Crippen LogP contribution in [0.3, 0.4) is 0 Å². The van der Waals surface area contributed by atoms with Gasteiger partial charge in [-0.15, -0.1) is 0 Å². The average molecular weight is 456 g/mol. The van der Waals surface area contributed by atoms with Gasteiger partial charge in [-0.2, -0.15) is 0 Å². The number of anilines is 1. The maximum absolute atomic E-state index is 12.3. The predicted molar refractivity (Wildman–Crippen MR) is 122 cm³/mol. The third-order valence-corrected chi connectivity index (χ3v) is 4.86. The fourth-order valence-corrected chi connectivity index (χ4v) is 3.22. The summed E-state index contributed by atoms with van der Waals surface area (Å²) in [7, 11) is 0. The van der Waals surface area contributed by atoms with Crippen molar-refractivity contribution in [3.8, 4) is 0 Å². The van der Waals surface area contributed by atoms with E-state index in [2.05, 4.69) is 16.0 Å². The number of carbonyl (C=O) groups is 3. The highest BCUT2D eigenvalue weighted by atomic mass is 35.5. The minimum absolute atomic E-state index is 0.198. The lowest BCUT2D eigenvalue weighted by Gasteiger charge is -2.09. The predicted octanol–water partition coefficient (Wildman–Crippen LogP) is 4.41. The van der Waals surface area contributed by atoms with Gasteiger partial charge in [0.15, 0.2) is 0 Å². The van der Waals surface area contributed by atoms with Crippen molar-refractivity contribution < 1.29 is 14.4 Å². The lowest BCUT2D eigenvalue weighted by atomic mass is 10.1. The third kappa shape index (κ3) is 6.31. The summed E-state index contributed by atoms with van der Waals surface area (Å²) < 4.78 is 0. The Morgan fingerprint density at radius 1 is 0.677 bits per heavy atom. The van der Waals surface area contributed by atoms with E-state index in [4.69, 9.17) is 23.2 Å². The molecule has 0 saturated carbocycles. The zero-order valence-corrected chi connectivity index (χ0v) is 17.8. The molecule has 0 fully saturated rings. The number of hydrogen-bond donors (Lipinski definition) is 3. The Bertz CT molecular complexity index is 1090. The molecule has 8 heteroatoms. The molecule has 0 bridgehead atoms. The van der Waals surface area contributed by atoms with Crippen molar-refractivity contribution in [2.24, 2.45) is 0 Å². The number of carbonyl (C=O) groups excluding carboxylic acids is 3. The first kappa shape index (κ1) is 22.3. The van der Waals surface area contributed by atoms with Crippen LogP contribution in [0.15, 0.2) is 72.8 Å². The van der Waals surface area contributed by atoms with E-state index in [1.807, 2.05) is 6.07 Å². The van der Waals surface area contributed by atoms with Gasteiger partial charge in [0.1, 0.15) is 0 Å². The number of amides is 3. The molecule has 0 aliphatic heterocycles. The van der Waals surface area contributed by atoms with Crippen molar-refractivity contribution in [2.75, 3.05) is 18.4 Å². The van der Waals surface area contributed by atoms with Crippen molar-refractivity contribution in [2.45, 2.75) is 0 Å². The molecule has 0 radical (unpaired) electrons. The van der Waals surface area contributed by atoms with Gasteiger partial charge in [-0.25, -0.2) is 0 Å². The van der Waals surface area contributed by atoms with Gasteiger partial charge in [0.25, 0.3) is 17.7 Å². The van der Waals surface area contributed by atoms with Crippen LogP contribution < -0.4 is 16.0 Å². The highest BCUT2D eigenvalue weighted by Gasteiger charge is 2.12. The average Bonchev–Trinajstić information content (AvgIpc) is 2.77. The van der Waals surface area contributed by atoms with Crippen LogP contribution in [0.4, 0.5) is 5.69 Å². The van der Waals surface area contributed by atoms with E-state index in [0.717, 1.165) is 0 Å². The van der Waals surface area contributed by atoms with E-state index in [-0.39, 0.29) is 29.3 Å². The molecule has 158 valence electrons. The summed E-state index contributed by atoms with van der Waals surface area (Å²) >= 11 is 11.9. The monoisotopic (exact) mass is 455 g/mol. The van der Waals surface area contributed by atoms with Crippen molar-refractivity contribution in [1.29, 1.82) is 0 Å². The van der Waals surface area contributed by atoms with Crippen LogP contribution >= 0.6 is 23.2 Å². The lowest BCUT2D eigenvalue weighted by Crippen LogP contribution is -2.34. The Morgan fingerprint density at radius 2 is 1.26 bits per heavy atom. The summed E-state index contributed by atoms with van der Waals surface area (Å²) in [6, 6.07) is 19.9. The molecule has 0 aromatic heterocycles. The molecule has 0 spiro atoms. The van der Waals surface area contributed by atoms with E-state index in [0.29, 0.717) is 33.9 Å². The minimum Gasteiger partial charge on any atom is -0.350 e. The Labute approximate surface area is 189 Å². The minimum atomic E-state index is -0.381. The summed E-state index contributed by atoms with van der Waals surface area (Å²) in [4.78, 5) is 36.5. The molecule has 3 N–H and O–H groups in total. The van der Waals surface area contributed by atoms with Gasteiger partial charge in [0.2, 0.25) is 0 Å². The van der Waals surface area contributed by atoms with Crippen molar-refractivity contribution >= 4 is 46.6 Å². The maximum Gasteiger partial charge on any atom is 0.257 e. The highest BCUT2D eigenvalue weighted by molar-refractivity contribution is 6.37. The fourth-order valence-electron chi connectivity index (χ4n) is 2.72. The summed E-state index contributed by atoms with van der Waals surface area (Å²) in [5, 5.41) is 8.88. The number of hydrogen-bond acceptors (Lipinski definition) is 3. The van der Waals surface area contributed by atoms with Crippen LogP contribution in [0.1, 0.15) is 31.1 Å². The molecule has 0 heterocycles. The zero-order valence-electron chi connectivity index (χ0n) is 16.3. The molecule has 6 nitrogen and oxygen atoms in total. The molecule has 31 heavy (non-hydrogen) atoms. The Balaban J connectivity index is 1.47. The van der Waals surface area contributed by atoms with E-state index < -0.39 is 0 Å². The standard InChI is InChI=1S/C23H19Cl2N3O3/c24-17-8-11-19(20(25)14-17)23(31)28-18-9-6-16(7-10-18)22(30)27-13-12-26-21(29)15-4-2-1-3-5-15/h1-11,14H,12-13H2,(H,26,29)(H,27,30)(H,28,31). The van der Waals surface area contributed by atoms with Gasteiger partial charge in [-0.1, -0.05) is 41.4 Å². The van der Waals surface area contributed by atoms with Crippen molar-refractivity contribution in [3.63, 3.8) is 0 Å². The Hall–Kier alpha value is -3.35. The zero-order chi connectivity index (χ0) is 22.2. The molecule has 3 rings (SSSR count). The molecule has 0 saturated heterocycles. The molecule has 0 unspecified atom stereocenters. The summed E-state index contributed by atoms with van der Waals surface area (Å²) in [5.74, 6) is -0.864. The first-order valence-electron chi connectivity index (χ1n) is 9.42. The van der Waals surface area contributed by atoms with Gasteiger partial charge in [-0.05, 0) is 54.6 Å². The Kier molecular flexibility index (Phi) is 7.65. The van der Waals surface area contributed by atoms with Crippen LogP contribution in [-0.2, 0) is 0 Å². The van der Waals surface area contributed by atoms with Gasteiger partial charge < -0.3 is 16.0 Å². The Morgan fingerprint density at radius 3 is 1.84 bits per heavy atom. The SMILES string of the molecule is O=C(NCCNC(=O)c1ccc(NC(=O)c2ccc(Cl)cc2Cl)cc1)c1ccccc1. The van der Waals surface area contributed by atoms with Crippen LogP contribution in [-0.4, -0.2) is 30.8 Å². The maximum atomic E-state index is 12.3. The van der Waals surface area contributed by atoms with Crippen LogP contribution in [0.2, 0.25) is 10.0 Å². The second-order valence-corrected chi connectivity index (χ2v) is 7.38. The van der Waals surface area contributed by atoms with E-state index >= 15 is 0 Å². The summed E-state index contributed by atoms with van der Waals surface area (Å²) in [6.07, 6.45) is 0. The molecular formula is C23H19Cl2N3O3. The van der Waals surface area contributed by atoms with Gasteiger partial charge in [-0.3, -0.25) is 14.4 Å². The van der Waals surface area contributed by atoms with Crippen molar-refractivity contribution in [3.05, 3.63) is 99.5 Å². The van der Waals surface area contributed by atoms with E-state index in [1.54, 1.807) is 60.7 Å². The normalized spacial score (nSPS) is 10.3. The largest absolute Gasteiger partial charge is 0.350 e. The number of benzene rings is 3. The smallest absolute Gasteiger partial charge is 0.257 e. The van der Waals surface area contributed by atoms with E-state index in [1.165, 1.54) is 6.07 Å². The molecule has 0 atom stereocenters. The molecule has 0 aliphatic carbocycles. The van der Waals surface area contributed by atoms with Crippen LogP contribution in [0, 0.1) is 0 Å². The molecule has 3 aromatic carbocycles. The second-order valence-electron chi connectivity index (χ2n) is 6.53. The first-order valence-corrected chi connectivity index (χ1v) is 10.2. The molecular weight excluding hydrogens is 437 g/mol. The third-order valence-electron chi connectivity index (χ3n) is 4.31. The summed E-state index contributed by atoms with van der Waals surface area (Å²) in [6.45, 7) is 0.584. The van der Waals surface area contributed by atoms with Crippen LogP contribution in [0.5, 0.6) is 0 Å². The van der Waals surface area contributed by atoms with Gasteiger partial charge in [0.05, 0.1) is 10.6 Å². The quantitative estimate of drug-likeness (QED) is 0.461. The second kappa shape index (κ2) is 10.6. The summed E-state index contributed by atoms with van der Waals surface area (Å²) in [5.41, 5.74) is 1.80. The first-order chi connectivity index (χ1) is 14.9. The lowest BCUT2D eigenvalue weighted by molar-refractivity contribution is 0.0927. The van der Waals surface area contributed by atoms with E-state index in [9.17, 15) is 14.4 Å². The molecule has 0 aliphatic rings. The number of halogens is 2. The number of rotatable bonds is 7. The molecule has 3 amide bonds. The fraction of sp³-hybridized carbons (Fsp3) is 0.0870. The van der Waals surface area contributed by atoms with Crippen molar-refractivity contribution in [1.82, 2.24) is 10.6 Å². The number of nitrogens with one attached hydrogen (secondary N) is 3. The highest BCUT2D eigenvalue weighted by Crippen LogP contribution is 2.22. The van der Waals surface area contributed by atoms with Crippen LogP contribution in [0.25, 0.3) is 0 Å².